The lowest BCUT2D eigenvalue weighted by Crippen LogP contribution is -2.58. The van der Waals surface area contributed by atoms with Crippen molar-refractivity contribution in [3.05, 3.63) is 35.4 Å². The Morgan fingerprint density at radius 3 is 2.82 bits per heavy atom. The third kappa shape index (κ3) is 3.62. The minimum absolute atomic E-state index is 0.0353. The Labute approximate surface area is 129 Å². The van der Waals surface area contributed by atoms with Gasteiger partial charge in [0.1, 0.15) is 0 Å². The van der Waals surface area contributed by atoms with Crippen molar-refractivity contribution in [1.29, 1.82) is 0 Å². The third-order valence-corrected chi connectivity index (χ3v) is 3.90. The van der Waals surface area contributed by atoms with Crippen LogP contribution in [0.1, 0.15) is 32.3 Å². The first-order valence-electron chi connectivity index (χ1n) is 7.51. The second-order valence-electron chi connectivity index (χ2n) is 6.11. The first-order valence-corrected chi connectivity index (χ1v) is 7.51. The minimum atomic E-state index is -1.48. The molecule has 0 saturated carbocycles. The van der Waals surface area contributed by atoms with Crippen LogP contribution in [0.3, 0.4) is 0 Å². The van der Waals surface area contributed by atoms with E-state index in [9.17, 15) is 18.7 Å². The molecule has 1 aliphatic rings. The number of carbonyl (C=O) groups is 1. The number of aliphatic hydroxyl groups is 1. The molecule has 1 heterocycles. The monoisotopic (exact) mass is 312 g/mol. The van der Waals surface area contributed by atoms with Gasteiger partial charge in [-0.25, -0.2) is 8.78 Å². The summed E-state index contributed by atoms with van der Waals surface area (Å²) in [4.78, 5) is 13.9. The number of benzene rings is 1. The molecule has 2 rings (SSSR count). The Bertz CT molecular complexity index is 551. The van der Waals surface area contributed by atoms with Gasteiger partial charge in [-0.3, -0.25) is 4.79 Å². The molecule has 6 heteroatoms. The van der Waals surface area contributed by atoms with E-state index in [0.29, 0.717) is 19.4 Å². The molecule has 1 amide bonds. The SMILES string of the molecule is CC(C)NCC1(O)CCCN(Cc2cccc(F)c2F)C1=O. The number of piperidine rings is 1. The smallest absolute Gasteiger partial charge is 0.256 e. The van der Waals surface area contributed by atoms with E-state index in [1.807, 2.05) is 13.8 Å². The summed E-state index contributed by atoms with van der Waals surface area (Å²) in [5, 5.41) is 13.6. The number of hydrogen-bond donors (Lipinski definition) is 2. The second-order valence-corrected chi connectivity index (χ2v) is 6.11. The zero-order chi connectivity index (χ0) is 16.3. The summed E-state index contributed by atoms with van der Waals surface area (Å²) in [5.74, 6) is -2.31. The van der Waals surface area contributed by atoms with Gasteiger partial charge in [0.25, 0.3) is 5.91 Å². The zero-order valence-electron chi connectivity index (χ0n) is 12.9. The van der Waals surface area contributed by atoms with Crippen molar-refractivity contribution in [2.75, 3.05) is 13.1 Å². The minimum Gasteiger partial charge on any atom is -0.379 e. The van der Waals surface area contributed by atoms with Crippen molar-refractivity contribution < 1.29 is 18.7 Å². The van der Waals surface area contributed by atoms with Crippen molar-refractivity contribution in [2.24, 2.45) is 0 Å². The van der Waals surface area contributed by atoms with Crippen LogP contribution >= 0.6 is 0 Å². The predicted octanol–water partition coefficient (Wildman–Crippen LogP) is 1.82. The maximum Gasteiger partial charge on any atom is 0.256 e. The van der Waals surface area contributed by atoms with E-state index in [1.165, 1.54) is 17.0 Å². The third-order valence-electron chi connectivity index (χ3n) is 3.90. The Morgan fingerprint density at radius 2 is 2.14 bits per heavy atom. The zero-order valence-corrected chi connectivity index (χ0v) is 12.9. The second kappa shape index (κ2) is 6.71. The lowest BCUT2D eigenvalue weighted by atomic mass is 9.91. The molecule has 1 fully saturated rings. The first-order chi connectivity index (χ1) is 10.3. The first kappa shape index (κ1) is 16.8. The molecule has 1 unspecified atom stereocenters. The summed E-state index contributed by atoms with van der Waals surface area (Å²) >= 11 is 0. The van der Waals surface area contributed by atoms with E-state index in [-0.39, 0.29) is 24.7 Å². The van der Waals surface area contributed by atoms with Crippen LogP contribution in [0.5, 0.6) is 0 Å². The van der Waals surface area contributed by atoms with Gasteiger partial charge in [0, 0.05) is 31.2 Å². The summed E-state index contributed by atoms with van der Waals surface area (Å²) in [7, 11) is 0. The molecule has 2 N–H and O–H groups in total. The van der Waals surface area contributed by atoms with Crippen LogP contribution < -0.4 is 5.32 Å². The lowest BCUT2D eigenvalue weighted by Gasteiger charge is -2.38. The van der Waals surface area contributed by atoms with E-state index in [2.05, 4.69) is 5.32 Å². The molecule has 1 aromatic rings. The number of hydrogen-bond acceptors (Lipinski definition) is 3. The largest absolute Gasteiger partial charge is 0.379 e. The van der Waals surface area contributed by atoms with Crippen LogP contribution in [0.2, 0.25) is 0 Å². The van der Waals surface area contributed by atoms with Gasteiger partial charge < -0.3 is 15.3 Å². The molecule has 22 heavy (non-hydrogen) atoms. The standard InChI is InChI=1S/C16H22F2N2O2/c1-11(2)19-10-16(22)7-4-8-20(15(16)21)9-12-5-3-6-13(17)14(12)18/h3,5-6,11,19,22H,4,7-10H2,1-2H3. The molecule has 1 aromatic carbocycles. The van der Waals surface area contributed by atoms with Gasteiger partial charge in [-0.1, -0.05) is 26.0 Å². The van der Waals surface area contributed by atoms with Gasteiger partial charge >= 0.3 is 0 Å². The van der Waals surface area contributed by atoms with Gasteiger partial charge in [-0.05, 0) is 18.9 Å². The fraction of sp³-hybridized carbons (Fsp3) is 0.562. The molecule has 1 atom stereocenters. The molecule has 0 bridgehead atoms. The number of nitrogens with one attached hydrogen (secondary N) is 1. The van der Waals surface area contributed by atoms with Crippen molar-refractivity contribution in [3.8, 4) is 0 Å². The van der Waals surface area contributed by atoms with Crippen LogP contribution in [0.25, 0.3) is 0 Å². The fourth-order valence-corrected chi connectivity index (χ4v) is 2.63. The average molecular weight is 312 g/mol. The average Bonchev–Trinajstić information content (AvgIpc) is 2.47. The Kier molecular flexibility index (Phi) is 5.13. The summed E-state index contributed by atoms with van der Waals surface area (Å²) in [5.41, 5.74) is -1.36. The highest BCUT2D eigenvalue weighted by atomic mass is 19.2. The van der Waals surface area contributed by atoms with E-state index < -0.39 is 23.1 Å². The number of rotatable bonds is 5. The lowest BCUT2D eigenvalue weighted by molar-refractivity contribution is -0.157. The highest BCUT2D eigenvalue weighted by Crippen LogP contribution is 2.25. The predicted molar refractivity (Wildman–Crippen MR) is 79.1 cm³/mol. The molecule has 0 spiro atoms. The van der Waals surface area contributed by atoms with Crippen LogP contribution in [-0.2, 0) is 11.3 Å². The van der Waals surface area contributed by atoms with Gasteiger partial charge in [0.05, 0.1) is 0 Å². The molecular weight excluding hydrogens is 290 g/mol. The van der Waals surface area contributed by atoms with Crippen LogP contribution in [-0.4, -0.2) is 40.6 Å². The van der Waals surface area contributed by atoms with Crippen LogP contribution in [0.4, 0.5) is 8.78 Å². The van der Waals surface area contributed by atoms with Crippen molar-refractivity contribution in [1.82, 2.24) is 10.2 Å². The Hall–Kier alpha value is -1.53. The summed E-state index contributed by atoms with van der Waals surface area (Å²) in [6.07, 6.45) is 0.993. The van der Waals surface area contributed by atoms with Crippen molar-refractivity contribution in [2.45, 2.75) is 44.9 Å². The fourth-order valence-electron chi connectivity index (χ4n) is 2.63. The molecule has 1 aliphatic heterocycles. The number of likely N-dealkylation sites (tertiary alicyclic amines) is 1. The van der Waals surface area contributed by atoms with Gasteiger partial charge in [-0.2, -0.15) is 0 Å². The molecule has 4 nitrogen and oxygen atoms in total. The van der Waals surface area contributed by atoms with Gasteiger partial charge in [0.15, 0.2) is 17.2 Å². The molecule has 122 valence electrons. The van der Waals surface area contributed by atoms with Gasteiger partial charge in [0.2, 0.25) is 0 Å². The van der Waals surface area contributed by atoms with E-state index >= 15 is 0 Å². The summed E-state index contributed by atoms with van der Waals surface area (Å²) in [6.45, 7) is 4.41. The summed E-state index contributed by atoms with van der Waals surface area (Å²) < 4.78 is 27.0. The van der Waals surface area contributed by atoms with E-state index in [4.69, 9.17) is 0 Å². The number of amides is 1. The number of nitrogens with zero attached hydrogens (tertiary/aromatic N) is 1. The Morgan fingerprint density at radius 1 is 1.41 bits per heavy atom. The number of halogens is 2. The number of carbonyl (C=O) groups excluding carboxylic acids is 1. The summed E-state index contributed by atoms with van der Waals surface area (Å²) in [6, 6.07) is 4.05. The van der Waals surface area contributed by atoms with E-state index in [0.717, 1.165) is 6.07 Å². The molecular formula is C16H22F2N2O2. The van der Waals surface area contributed by atoms with Crippen LogP contribution in [0, 0.1) is 11.6 Å². The topological polar surface area (TPSA) is 52.6 Å². The molecule has 0 aliphatic carbocycles. The van der Waals surface area contributed by atoms with Crippen molar-refractivity contribution >= 4 is 5.91 Å². The molecule has 1 saturated heterocycles. The van der Waals surface area contributed by atoms with Crippen molar-refractivity contribution in [3.63, 3.8) is 0 Å². The normalized spacial score (nSPS) is 22.5. The highest BCUT2D eigenvalue weighted by Gasteiger charge is 2.42. The molecule has 0 aromatic heterocycles. The van der Waals surface area contributed by atoms with E-state index in [1.54, 1.807) is 0 Å². The highest BCUT2D eigenvalue weighted by molar-refractivity contribution is 5.86. The van der Waals surface area contributed by atoms with Crippen LogP contribution in [0.15, 0.2) is 18.2 Å². The van der Waals surface area contributed by atoms with Gasteiger partial charge in [-0.15, -0.1) is 0 Å². The maximum absolute atomic E-state index is 13.7. The maximum atomic E-state index is 13.7. The Balaban J connectivity index is 2.11. The quantitative estimate of drug-likeness (QED) is 0.872. The molecule has 0 radical (unpaired) electrons.